The van der Waals surface area contributed by atoms with E-state index in [9.17, 15) is 4.79 Å². The van der Waals surface area contributed by atoms with Gasteiger partial charge in [0.15, 0.2) is 10.9 Å². The van der Waals surface area contributed by atoms with Gasteiger partial charge in [0.25, 0.3) is 5.91 Å². The van der Waals surface area contributed by atoms with Crippen LogP contribution < -0.4 is 10.1 Å². The van der Waals surface area contributed by atoms with Crippen LogP contribution in [0.2, 0.25) is 0 Å². The normalized spacial score (nSPS) is 10.9. The van der Waals surface area contributed by atoms with Crippen molar-refractivity contribution >= 4 is 33.3 Å². The van der Waals surface area contributed by atoms with Crippen LogP contribution in [0.4, 0.5) is 5.13 Å². The summed E-state index contributed by atoms with van der Waals surface area (Å²) in [7, 11) is 0. The quantitative estimate of drug-likeness (QED) is 0.443. The van der Waals surface area contributed by atoms with Gasteiger partial charge in [0.1, 0.15) is 11.3 Å². The number of hydrogen-bond acceptors (Lipinski definition) is 5. The minimum Gasteiger partial charge on any atom is -0.494 e. The van der Waals surface area contributed by atoms with Gasteiger partial charge in [-0.15, -0.1) is 11.3 Å². The molecule has 4 aromatic rings. The molecule has 0 aliphatic carbocycles. The van der Waals surface area contributed by atoms with Crippen molar-refractivity contribution in [2.24, 2.45) is 0 Å². The summed E-state index contributed by atoms with van der Waals surface area (Å²) in [6.07, 6.45) is 0.974. The van der Waals surface area contributed by atoms with E-state index in [1.807, 2.05) is 60.8 Å². The second kappa shape index (κ2) is 7.86. The molecule has 28 heavy (non-hydrogen) atoms. The highest BCUT2D eigenvalue weighted by Crippen LogP contribution is 2.29. The van der Waals surface area contributed by atoms with Crippen molar-refractivity contribution in [3.8, 4) is 17.0 Å². The molecule has 0 fully saturated rings. The third kappa shape index (κ3) is 3.64. The molecule has 0 radical (unpaired) electrons. The number of carbonyl (C=O) groups excluding carboxylic acids is 1. The molecule has 0 saturated carbocycles. The van der Waals surface area contributed by atoms with Crippen molar-refractivity contribution in [1.29, 1.82) is 0 Å². The van der Waals surface area contributed by atoms with E-state index in [4.69, 9.17) is 9.15 Å². The highest BCUT2D eigenvalue weighted by molar-refractivity contribution is 7.14. The molecule has 6 heteroatoms. The van der Waals surface area contributed by atoms with Crippen molar-refractivity contribution in [3.05, 3.63) is 65.2 Å². The minimum atomic E-state index is -0.294. The second-order valence-corrected chi connectivity index (χ2v) is 7.28. The molecule has 2 heterocycles. The number of thiazole rings is 1. The number of anilines is 1. The number of fused-ring (bicyclic) bond motifs is 1. The molecule has 1 amide bonds. The number of hydrogen-bond donors (Lipinski definition) is 1. The third-order valence-corrected chi connectivity index (χ3v) is 5.16. The highest BCUT2D eigenvalue weighted by atomic mass is 32.1. The Balaban J connectivity index is 1.49. The van der Waals surface area contributed by atoms with Gasteiger partial charge in [-0.2, -0.15) is 0 Å². The zero-order valence-corrected chi connectivity index (χ0v) is 16.5. The van der Waals surface area contributed by atoms with Crippen molar-refractivity contribution in [2.45, 2.75) is 20.3 Å². The molecule has 4 rings (SSSR count). The summed E-state index contributed by atoms with van der Waals surface area (Å²) in [5.74, 6) is 0.864. The summed E-state index contributed by atoms with van der Waals surface area (Å²) in [6, 6.07) is 15.4. The Morgan fingerprint density at radius 2 is 1.96 bits per heavy atom. The van der Waals surface area contributed by atoms with Crippen LogP contribution >= 0.6 is 11.3 Å². The lowest BCUT2D eigenvalue weighted by Crippen LogP contribution is -2.11. The number of amides is 1. The molecule has 0 bridgehead atoms. The lowest BCUT2D eigenvalue weighted by Gasteiger charge is -2.04. The van der Waals surface area contributed by atoms with Gasteiger partial charge in [-0.3, -0.25) is 10.1 Å². The van der Waals surface area contributed by atoms with Crippen molar-refractivity contribution < 1.29 is 13.9 Å². The number of aromatic nitrogens is 1. The van der Waals surface area contributed by atoms with Crippen molar-refractivity contribution in [3.63, 3.8) is 0 Å². The number of benzene rings is 2. The first-order valence-corrected chi connectivity index (χ1v) is 10.0. The number of para-hydroxylation sites is 1. The zero-order valence-electron chi connectivity index (χ0n) is 15.7. The average Bonchev–Trinajstić information content (AvgIpc) is 3.32. The molecule has 0 spiro atoms. The lowest BCUT2D eigenvalue weighted by atomic mass is 10.1. The predicted molar refractivity (Wildman–Crippen MR) is 112 cm³/mol. The van der Waals surface area contributed by atoms with E-state index in [0.717, 1.165) is 34.4 Å². The molecule has 0 atom stereocenters. The molecule has 0 unspecified atom stereocenters. The van der Waals surface area contributed by atoms with Crippen LogP contribution in [-0.2, 0) is 0 Å². The second-order valence-electron chi connectivity index (χ2n) is 6.42. The summed E-state index contributed by atoms with van der Waals surface area (Å²) in [5, 5.41) is 6.24. The Kier molecular flexibility index (Phi) is 5.12. The van der Waals surface area contributed by atoms with Crippen LogP contribution in [0.3, 0.4) is 0 Å². The van der Waals surface area contributed by atoms with Crippen LogP contribution in [-0.4, -0.2) is 17.5 Å². The van der Waals surface area contributed by atoms with Gasteiger partial charge < -0.3 is 9.15 Å². The maximum atomic E-state index is 12.6. The number of nitrogens with zero attached hydrogens (tertiary/aromatic N) is 1. The monoisotopic (exact) mass is 392 g/mol. The molecule has 2 aromatic carbocycles. The van der Waals surface area contributed by atoms with Gasteiger partial charge in [0.2, 0.25) is 0 Å². The third-order valence-electron chi connectivity index (χ3n) is 4.40. The topological polar surface area (TPSA) is 64.4 Å². The number of aryl methyl sites for hydroxylation is 1. The Bertz CT molecular complexity index is 1110. The molecule has 5 nitrogen and oxygen atoms in total. The summed E-state index contributed by atoms with van der Waals surface area (Å²) in [5.41, 5.74) is 3.31. The highest BCUT2D eigenvalue weighted by Gasteiger charge is 2.18. The van der Waals surface area contributed by atoms with E-state index >= 15 is 0 Å². The fourth-order valence-corrected chi connectivity index (χ4v) is 3.67. The van der Waals surface area contributed by atoms with Gasteiger partial charge in [0.05, 0.1) is 12.3 Å². The lowest BCUT2D eigenvalue weighted by molar-refractivity contribution is 0.0998. The van der Waals surface area contributed by atoms with Gasteiger partial charge in [-0.25, -0.2) is 4.98 Å². The smallest absolute Gasteiger partial charge is 0.293 e. The van der Waals surface area contributed by atoms with Gasteiger partial charge in [-0.1, -0.05) is 25.1 Å². The average molecular weight is 392 g/mol. The minimum absolute atomic E-state index is 0.294. The number of nitrogens with one attached hydrogen (secondary N) is 1. The number of furan rings is 1. The SMILES string of the molecule is CCCOc1ccc(-c2csc(NC(=O)c3oc4ccccc4c3C)n2)cc1. The first-order valence-electron chi connectivity index (χ1n) is 9.14. The molecule has 2 aromatic heterocycles. The number of ether oxygens (including phenoxy) is 1. The van der Waals surface area contributed by atoms with E-state index < -0.39 is 0 Å². The number of rotatable bonds is 6. The molecule has 0 aliphatic heterocycles. The Labute approximate surface area is 167 Å². The fraction of sp³-hybridized carbons (Fsp3) is 0.182. The number of carbonyl (C=O) groups is 1. The molecule has 0 saturated heterocycles. The van der Waals surface area contributed by atoms with Crippen molar-refractivity contribution in [1.82, 2.24) is 4.98 Å². The summed E-state index contributed by atoms with van der Waals surface area (Å²) in [4.78, 5) is 17.2. The summed E-state index contributed by atoms with van der Waals surface area (Å²) in [6.45, 7) is 4.66. The first kappa shape index (κ1) is 18.3. The Morgan fingerprint density at radius 1 is 1.18 bits per heavy atom. The van der Waals surface area contributed by atoms with Crippen LogP contribution in [0, 0.1) is 6.92 Å². The molecule has 142 valence electrons. The Hall–Kier alpha value is -3.12. The van der Waals surface area contributed by atoms with Crippen LogP contribution in [0.25, 0.3) is 22.2 Å². The maximum absolute atomic E-state index is 12.6. The van der Waals surface area contributed by atoms with E-state index in [1.165, 1.54) is 11.3 Å². The van der Waals surface area contributed by atoms with Gasteiger partial charge in [0, 0.05) is 21.9 Å². The zero-order chi connectivity index (χ0) is 19.5. The van der Waals surface area contributed by atoms with Crippen molar-refractivity contribution in [2.75, 3.05) is 11.9 Å². The van der Waals surface area contributed by atoms with E-state index in [-0.39, 0.29) is 5.91 Å². The maximum Gasteiger partial charge on any atom is 0.293 e. The summed E-state index contributed by atoms with van der Waals surface area (Å²) < 4.78 is 11.3. The standard InChI is InChI=1S/C22H20N2O3S/c1-3-12-26-16-10-8-15(9-11-16)18-13-28-22(23-18)24-21(25)20-14(2)17-6-4-5-7-19(17)27-20/h4-11,13H,3,12H2,1-2H3,(H,23,24,25). The van der Waals surface area contributed by atoms with Gasteiger partial charge in [-0.05, 0) is 43.7 Å². The predicted octanol–water partition coefficient (Wildman–Crippen LogP) is 5.91. The van der Waals surface area contributed by atoms with Gasteiger partial charge >= 0.3 is 0 Å². The fourth-order valence-electron chi connectivity index (χ4n) is 2.95. The summed E-state index contributed by atoms with van der Waals surface area (Å²) >= 11 is 1.38. The Morgan fingerprint density at radius 3 is 2.71 bits per heavy atom. The van der Waals surface area contributed by atoms with E-state index in [1.54, 1.807) is 0 Å². The van der Waals surface area contributed by atoms with E-state index in [2.05, 4.69) is 17.2 Å². The van der Waals surface area contributed by atoms with Crippen LogP contribution in [0.1, 0.15) is 29.5 Å². The van der Waals surface area contributed by atoms with Crippen LogP contribution in [0.15, 0.2) is 58.3 Å². The first-order chi connectivity index (χ1) is 13.7. The van der Waals surface area contributed by atoms with Crippen LogP contribution in [0.5, 0.6) is 5.75 Å². The molecule has 1 N–H and O–H groups in total. The molecular weight excluding hydrogens is 372 g/mol. The molecule has 0 aliphatic rings. The molecular formula is C22H20N2O3S. The largest absolute Gasteiger partial charge is 0.494 e. The van der Waals surface area contributed by atoms with E-state index in [0.29, 0.717) is 23.1 Å².